The van der Waals surface area contributed by atoms with E-state index in [2.05, 4.69) is 5.32 Å². The van der Waals surface area contributed by atoms with Crippen LogP contribution in [0.25, 0.3) is 0 Å². The van der Waals surface area contributed by atoms with Crippen molar-refractivity contribution in [2.75, 3.05) is 11.4 Å². The Labute approximate surface area is 201 Å². The van der Waals surface area contributed by atoms with Gasteiger partial charge in [-0.3, -0.25) is 14.5 Å². The Bertz CT molecular complexity index is 1200. The van der Waals surface area contributed by atoms with Gasteiger partial charge in [0.15, 0.2) is 0 Å². The third-order valence-corrected chi connectivity index (χ3v) is 6.36. The molecule has 0 saturated carbocycles. The normalized spacial score (nSPS) is 17.7. The maximum atomic E-state index is 13.4. The van der Waals surface area contributed by atoms with Gasteiger partial charge in [-0.05, 0) is 42.3 Å². The van der Waals surface area contributed by atoms with Crippen molar-refractivity contribution < 1.29 is 14.4 Å². The molecule has 8 heteroatoms. The number of hydrogen-bond acceptors (Lipinski definition) is 3. The highest BCUT2D eigenvalue weighted by molar-refractivity contribution is 6.42. The maximum absolute atomic E-state index is 13.4. The SMILES string of the molecule is CC1(c2ccc(Cl)c(Cl)c2)NC(=O)N(CC(=O)N(Cc2ccccc2)c2ccccc2)C1=O. The van der Waals surface area contributed by atoms with E-state index < -0.39 is 24.0 Å². The summed E-state index contributed by atoms with van der Waals surface area (Å²) in [5.74, 6) is -0.918. The van der Waals surface area contributed by atoms with Crippen molar-refractivity contribution in [1.82, 2.24) is 10.2 Å². The predicted octanol–water partition coefficient (Wildman–Crippen LogP) is 4.99. The number of urea groups is 1. The zero-order chi connectivity index (χ0) is 23.6. The number of halogens is 2. The van der Waals surface area contributed by atoms with Gasteiger partial charge >= 0.3 is 6.03 Å². The first-order valence-electron chi connectivity index (χ1n) is 10.3. The molecular formula is C25H21Cl2N3O3. The first-order chi connectivity index (χ1) is 15.8. The second kappa shape index (κ2) is 9.25. The van der Waals surface area contributed by atoms with Crippen LogP contribution in [0.3, 0.4) is 0 Å². The summed E-state index contributed by atoms with van der Waals surface area (Å²) in [6, 6.07) is 22.7. The Balaban J connectivity index is 1.59. The van der Waals surface area contributed by atoms with Crippen LogP contribution in [0.2, 0.25) is 10.0 Å². The predicted molar refractivity (Wildman–Crippen MR) is 128 cm³/mol. The number of rotatable bonds is 6. The number of hydrogen-bond donors (Lipinski definition) is 1. The fourth-order valence-corrected chi connectivity index (χ4v) is 4.06. The molecule has 0 aromatic heterocycles. The van der Waals surface area contributed by atoms with Gasteiger partial charge in [0.1, 0.15) is 12.1 Å². The molecule has 1 saturated heterocycles. The van der Waals surface area contributed by atoms with Gasteiger partial charge in [-0.1, -0.05) is 77.8 Å². The lowest BCUT2D eigenvalue weighted by atomic mass is 9.92. The van der Waals surface area contributed by atoms with Crippen molar-refractivity contribution in [2.45, 2.75) is 19.0 Å². The average molecular weight is 482 g/mol. The van der Waals surface area contributed by atoms with Gasteiger partial charge in [0.2, 0.25) is 5.91 Å². The molecule has 0 spiro atoms. The minimum Gasteiger partial charge on any atom is -0.319 e. The van der Waals surface area contributed by atoms with E-state index >= 15 is 0 Å². The zero-order valence-corrected chi connectivity index (χ0v) is 19.3. The lowest BCUT2D eigenvalue weighted by Gasteiger charge is -2.26. The number of carbonyl (C=O) groups is 3. The number of nitrogens with zero attached hydrogens (tertiary/aromatic N) is 2. The van der Waals surface area contributed by atoms with E-state index in [4.69, 9.17) is 23.2 Å². The molecule has 1 aliphatic heterocycles. The summed E-state index contributed by atoms with van der Waals surface area (Å²) in [5, 5.41) is 3.30. The summed E-state index contributed by atoms with van der Waals surface area (Å²) in [5.41, 5.74) is 0.718. The van der Waals surface area contributed by atoms with Crippen LogP contribution in [0.5, 0.6) is 0 Å². The van der Waals surface area contributed by atoms with Gasteiger partial charge in [-0.2, -0.15) is 0 Å². The molecule has 1 unspecified atom stereocenters. The molecule has 6 nitrogen and oxygen atoms in total. The summed E-state index contributed by atoms with van der Waals surface area (Å²) < 4.78 is 0. The quantitative estimate of drug-likeness (QED) is 0.503. The molecule has 168 valence electrons. The van der Waals surface area contributed by atoms with Gasteiger partial charge in [0, 0.05) is 5.69 Å². The first-order valence-corrected chi connectivity index (χ1v) is 11.0. The summed E-state index contributed by atoms with van der Waals surface area (Å²) in [7, 11) is 0. The van der Waals surface area contributed by atoms with Crippen molar-refractivity contribution >= 4 is 46.7 Å². The van der Waals surface area contributed by atoms with E-state index in [0.29, 0.717) is 22.8 Å². The van der Waals surface area contributed by atoms with E-state index in [-0.39, 0.29) is 10.9 Å². The highest BCUT2D eigenvalue weighted by atomic mass is 35.5. The number of imide groups is 1. The van der Waals surface area contributed by atoms with Crippen molar-refractivity contribution in [3.63, 3.8) is 0 Å². The second-order valence-electron chi connectivity index (χ2n) is 7.88. The minimum absolute atomic E-state index is 0.269. The number of carbonyl (C=O) groups excluding carboxylic acids is 3. The Morgan fingerprint density at radius 3 is 2.21 bits per heavy atom. The van der Waals surface area contributed by atoms with Crippen molar-refractivity contribution in [3.05, 3.63) is 100 Å². The molecule has 4 rings (SSSR count). The largest absolute Gasteiger partial charge is 0.325 e. The van der Waals surface area contributed by atoms with Crippen LogP contribution >= 0.6 is 23.2 Å². The molecule has 0 aliphatic carbocycles. The maximum Gasteiger partial charge on any atom is 0.325 e. The smallest absolute Gasteiger partial charge is 0.319 e. The van der Waals surface area contributed by atoms with Gasteiger partial charge in [0.25, 0.3) is 5.91 Å². The van der Waals surface area contributed by atoms with Crippen LogP contribution < -0.4 is 10.2 Å². The molecular weight excluding hydrogens is 461 g/mol. The van der Waals surface area contributed by atoms with Crippen molar-refractivity contribution in [3.8, 4) is 0 Å². The Kier molecular flexibility index (Phi) is 6.40. The van der Waals surface area contributed by atoms with Gasteiger partial charge < -0.3 is 10.2 Å². The summed E-state index contributed by atoms with van der Waals surface area (Å²) >= 11 is 12.1. The number of benzene rings is 3. The number of anilines is 1. The van der Waals surface area contributed by atoms with Gasteiger partial charge in [-0.15, -0.1) is 0 Å². The van der Waals surface area contributed by atoms with E-state index in [1.807, 2.05) is 60.7 Å². The molecule has 33 heavy (non-hydrogen) atoms. The van der Waals surface area contributed by atoms with Crippen LogP contribution in [0.4, 0.5) is 10.5 Å². The average Bonchev–Trinajstić information content (AvgIpc) is 3.04. The zero-order valence-electron chi connectivity index (χ0n) is 17.8. The molecule has 1 aliphatic rings. The van der Waals surface area contributed by atoms with Crippen molar-refractivity contribution in [2.24, 2.45) is 0 Å². The summed E-state index contributed by atoms with van der Waals surface area (Å²) in [4.78, 5) is 41.9. The topological polar surface area (TPSA) is 69.7 Å². The van der Waals surface area contributed by atoms with E-state index in [9.17, 15) is 14.4 Å². The van der Waals surface area contributed by atoms with Crippen LogP contribution in [-0.4, -0.2) is 29.3 Å². The van der Waals surface area contributed by atoms with Gasteiger partial charge in [-0.25, -0.2) is 4.79 Å². The van der Waals surface area contributed by atoms with E-state index in [1.165, 1.54) is 0 Å². The minimum atomic E-state index is -1.36. The third kappa shape index (κ3) is 4.58. The third-order valence-electron chi connectivity index (χ3n) is 5.62. The highest BCUT2D eigenvalue weighted by Gasteiger charge is 2.50. The second-order valence-corrected chi connectivity index (χ2v) is 8.69. The molecule has 0 radical (unpaired) electrons. The molecule has 4 amide bonds. The summed E-state index contributed by atoms with van der Waals surface area (Å²) in [6.45, 7) is 1.48. The molecule has 0 bridgehead atoms. The van der Waals surface area contributed by atoms with Crippen LogP contribution in [0.15, 0.2) is 78.9 Å². The Morgan fingerprint density at radius 2 is 1.58 bits per heavy atom. The Hall–Kier alpha value is -3.35. The van der Waals surface area contributed by atoms with Crippen LogP contribution in [-0.2, 0) is 21.7 Å². The summed E-state index contributed by atoms with van der Waals surface area (Å²) in [6.07, 6.45) is 0. The highest BCUT2D eigenvalue weighted by Crippen LogP contribution is 2.33. The van der Waals surface area contributed by atoms with Crippen LogP contribution in [0, 0.1) is 0 Å². The molecule has 1 atom stereocenters. The van der Waals surface area contributed by atoms with E-state index in [1.54, 1.807) is 30.0 Å². The molecule has 3 aromatic rings. The lowest BCUT2D eigenvalue weighted by Crippen LogP contribution is -2.44. The van der Waals surface area contributed by atoms with E-state index in [0.717, 1.165) is 10.5 Å². The Morgan fingerprint density at radius 1 is 0.939 bits per heavy atom. The number of nitrogens with one attached hydrogen (secondary N) is 1. The van der Waals surface area contributed by atoms with Crippen LogP contribution in [0.1, 0.15) is 18.1 Å². The first kappa shape index (κ1) is 22.8. The monoisotopic (exact) mass is 481 g/mol. The molecule has 3 aromatic carbocycles. The fourth-order valence-electron chi connectivity index (χ4n) is 3.76. The van der Waals surface area contributed by atoms with Crippen molar-refractivity contribution in [1.29, 1.82) is 0 Å². The standard InChI is InChI=1S/C25H21Cl2N3O3/c1-25(18-12-13-20(26)21(27)14-18)23(32)30(24(33)28-25)16-22(31)29(19-10-6-3-7-11-19)15-17-8-4-2-5-9-17/h2-14H,15-16H2,1H3,(H,28,33). The fraction of sp³-hybridized carbons (Fsp3) is 0.160. The molecule has 1 heterocycles. The lowest BCUT2D eigenvalue weighted by molar-refractivity contribution is -0.134. The molecule has 1 N–H and O–H groups in total. The van der Waals surface area contributed by atoms with Gasteiger partial charge in [0.05, 0.1) is 16.6 Å². The number of amides is 4. The number of para-hydroxylation sites is 1. The molecule has 1 fully saturated rings.